The number of piperazine rings is 1. The van der Waals surface area contributed by atoms with Gasteiger partial charge in [0.1, 0.15) is 6.10 Å². The first-order chi connectivity index (χ1) is 10.1. The molecule has 0 N–H and O–H groups in total. The number of ether oxygens (including phenoxy) is 1. The Morgan fingerprint density at radius 3 is 2.52 bits per heavy atom. The van der Waals surface area contributed by atoms with E-state index in [0.29, 0.717) is 38.3 Å². The Labute approximate surface area is 123 Å². The lowest BCUT2D eigenvalue weighted by Gasteiger charge is -2.35. The van der Waals surface area contributed by atoms with E-state index in [-0.39, 0.29) is 17.9 Å². The van der Waals surface area contributed by atoms with Crippen molar-refractivity contribution in [3.05, 3.63) is 18.0 Å². The Kier molecular flexibility index (Phi) is 3.92. The van der Waals surface area contributed by atoms with E-state index in [1.807, 2.05) is 4.90 Å². The summed E-state index contributed by atoms with van der Waals surface area (Å²) in [7, 11) is 1.79. The van der Waals surface area contributed by atoms with Crippen LogP contribution < -0.4 is 0 Å². The second-order valence-corrected chi connectivity index (χ2v) is 5.52. The fourth-order valence-corrected chi connectivity index (χ4v) is 2.82. The zero-order valence-electron chi connectivity index (χ0n) is 12.2. The number of hydrogen-bond acceptors (Lipinski definition) is 4. The Morgan fingerprint density at radius 1 is 1.24 bits per heavy atom. The smallest absolute Gasteiger partial charge is 0.257 e. The molecule has 3 rings (SSSR count). The lowest BCUT2D eigenvalue weighted by atomic mass is 10.2. The Morgan fingerprint density at radius 2 is 1.95 bits per heavy atom. The molecule has 2 fully saturated rings. The van der Waals surface area contributed by atoms with Crippen molar-refractivity contribution in [3.63, 3.8) is 0 Å². The van der Waals surface area contributed by atoms with E-state index in [9.17, 15) is 9.59 Å². The van der Waals surface area contributed by atoms with E-state index in [0.717, 1.165) is 12.8 Å². The lowest BCUT2D eigenvalue weighted by Crippen LogP contribution is -2.52. The largest absolute Gasteiger partial charge is 0.368 e. The molecule has 0 saturated carbocycles. The van der Waals surface area contributed by atoms with E-state index in [1.54, 1.807) is 29.0 Å². The highest BCUT2D eigenvalue weighted by atomic mass is 16.5. The van der Waals surface area contributed by atoms with E-state index < -0.39 is 0 Å². The summed E-state index contributed by atoms with van der Waals surface area (Å²) in [6.07, 6.45) is 4.78. The van der Waals surface area contributed by atoms with Crippen LogP contribution in [-0.4, -0.2) is 70.3 Å². The molecule has 2 aliphatic heterocycles. The molecule has 1 unspecified atom stereocenters. The molecule has 1 aromatic rings. The Hall–Kier alpha value is -1.89. The maximum atomic E-state index is 12.3. The molecular formula is C14H20N4O3. The van der Waals surface area contributed by atoms with E-state index >= 15 is 0 Å². The van der Waals surface area contributed by atoms with Gasteiger partial charge >= 0.3 is 0 Å². The summed E-state index contributed by atoms with van der Waals surface area (Å²) in [6.45, 7) is 2.95. The molecule has 3 heterocycles. The van der Waals surface area contributed by atoms with Gasteiger partial charge in [0.05, 0.1) is 11.8 Å². The quantitative estimate of drug-likeness (QED) is 0.762. The van der Waals surface area contributed by atoms with Crippen LogP contribution >= 0.6 is 0 Å². The minimum absolute atomic E-state index is 0.0210. The van der Waals surface area contributed by atoms with Crippen LogP contribution in [0.1, 0.15) is 23.2 Å². The van der Waals surface area contributed by atoms with Crippen LogP contribution in [0.15, 0.2) is 12.4 Å². The summed E-state index contributed by atoms with van der Waals surface area (Å²) in [4.78, 5) is 28.1. The highest BCUT2D eigenvalue weighted by Gasteiger charge is 2.31. The van der Waals surface area contributed by atoms with Gasteiger partial charge in [0, 0.05) is 46.0 Å². The normalized spacial score (nSPS) is 22.6. The number of rotatable bonds is 2. The fraction of sp³-hybridized carbons (Fsp3) is 0.643. The topological polar surface area (TPSA) is 67.7 Å². The molecule has 114 valence electrons. The molecule has 1 aromatic heterocycles. The molecule has 21 heavy (non-hydrogen) atoms. The maximum Gasteiger partial charge on any atom is 0.257 e. The van der Waals surface area contributed by atoms with Crippen molar-refractivity contribution in [2.24, 2.45) is 7.05 Å². The minimum atomic E-state index is -0.273. The average Bonchev–Trinajstić information content (AvgIpc) is 3.17. The van der Waals surface area contributed by atoms with Crippen LogP contribution in [-0.2, 0) is 16.6 Å². The summed E-state index contributed by atoms with van der Waals surface area (Å²) in [5.41, 5.74) is 0.594. The first kappa shape index (κ1) is 14.1. The second-order valence-electron chi connectivity index (χ2n) is 5.52. The number of aryl methyl sites for hydroxylation is 1. The van der Waals surface area contributed by atoms with Crippen LogP contribution in [0.25, 0.3) is 0 Å². The predicted octanol–water partition coefficient (Wildman–Crippen LogP) is -0.116. The summed E-state index contributed by atoms with van der Waals surface area (Å²) in [5, 5.41) is 4.02. The summed E-state index contributed by atoms with van der Waals surface area (Å²) in [6, 6.07) is 0. The van der Waals surface area contributed by atoms with Gasteiger partial charge in [-0.05, 0) is 12.8 Å². The van der Waals surface area contributed by atoms with Gasteiger partial charge in [0.2, 0.25) is 0 Å². The van der Waals surface area contributed by atoms with Crippen molar-refractivity contribution >= 4 is 11.8 Å². The van der Waals surface area contributed by atoms with E-state index in [1.165, 1.54) is 0 Å². The van der Waals surface area contributed by atoms with Crippen LogP contribution in [0.5, 0.6) is 0 Å². The number of nitrogens with zero attached hydrogens (tertiary/aromatic N) is 4. The van der Waals surface area contributed by atoms with Gasteiger partial charge in [-0.25, -0.2) is 0 Å². The summed E-state index contributed by atoms with van der Waals surface area (Å²) < 4.78 is 7.05. The molecule has 1 atom stereocenters. The van der Waals surface area contributed by atoms with Gasteiger partial charge < -0.3 is 14.5 Å². The van der Waals surface area contributed by atoms with Crippen molar-refractivity contribution < 1.29 is 14.3 Å². The molecule has 7 heteroatoms. The van der Waals surface area contributed by atoms with Crippen molar-refractivity contribution in [1.82, 2.24) is 19.6 Å². The zero-order chi connectivity index (χ0) is 14.8. The first-order valence-corrected chi connectivity index (χ1v) is 7.33. The number of carbonyl (C=O) groups is 2. The zero-order valence-corrected chi connectivity index (χ0v) is 12.2. The molecule has 0 aliphatic carbocycles. The summed E-state index contributed by atoms with van der Waals surface area (Å²) in [5.74, 6) is 0.0493. The molecule has 0 radical (unpaired) electrons. The number of hydrogen-bond donors (Lipinski definition) is 0. The van der Waals surface area contributed by atoms with Crippen molar-refractivity contribution in [2.45, 2.75) is 18.9 Å². The Bertz CT molecular complexity index is 528. The molecule has 0 spiro atoms. The fourth-order valence-electron chi connectivity index (χ4n) is 2.82. The molecule has 2 saturated heterocycles. The third kappa shape index (κ3) is 2.92. The molecule has 7 nitrogen and oxygen atoms in total. The van der Waals surface area contributed by atoms with E-state index in [4.69, 9.17) is 4.74 Å². The maximum absolute atomic E-state index is 12.3. The van der Waals surface area contributed by atoms with Gasteiger partial charge in [-0.2, -0.15) is 5.10 Å². The average molecular weight is 292 g/mol. The molecular weight excluding hydrogens is 272 g/mol. The van der Waals surface area contributed by atoms with Gasteiger partial charge in [-0.15, -0.1) is 0 Å². The molecule has 0 aromatic carbocycles. The van der Waals surface area contributed by atoms with Gasteiger partial charge in [-0.3, -0.25) is 14.3 Å². The van der Waals surface area contributed by atoms with E-state index in [2.05, 4.69) is 5.10 Å². The number of aromatic nitrogens is 2. The molecule has 2 amide bonds. The molecule has 2 aliphatic rings. The van der Waals surface area contributed by atoms with Crippen molar-refractivity contribution in [2.75, 3.05) is 32.8 Å². The van der Waals surface area contributed by atoms with Crippen LogP contribution in [0, 0.1) is 0 Å². The number of carbonyl (C=O) groups excluding carboxylic acids is 2. The number of amides is 2. The monoisotopic (exact) mass is 292 g/mol. The van der Waals surface area contributed by atoms with Crippen molar-refractivity contribution in [3.8, 4) is 0 Å². The van der Waals surface area contributed by atoms with Gasteiger partial charge in [0.25, 0.3) is 11.8 Å². The second kappa shape index (κ2) is 5.85. The van der Waals surface area contributed by atoms with Crippen LogP contribution in [0.2, 0.25) is 0 Å². The van der Waals surface area contributed by atoms with Gasteiger partial charge in [0.15, 0.2) is 0 Å². The van der Waals surface area contributed by atoms with Gasteiger partial charge in [-0.1, -0.05) is 0 Å². The minimum Gasteiger partial charge on any atom is -0.368 e. The third-order valence-corrected chi connectivity index (χ3v) is 4.04. The lowest BCUT2D eigenvalue weighted by molar-refractivity contribution is -0.142. The standard InChI is InChI=1S/C14H20N4O3/c1-16-10-11(9-15-16)13(19)17-4-6-18(7-5-17)14(20)12-3-2-8-21-12/h9-10,12H,2-8H2,1H3. The summed E-state index contributed by atoms with van der Waals surface area (Å²) >= 11 is 0. The Balaban J connectivity index is 1.55. The SMILES string of the molecule is Cn1cc(C(=O)N2CCN(C(=O)C3CCCO3)CC2)cn1. The van der Waals surface area contributed by atoms with Crippen molar-refractivity contribution in [1.29, 1.82) is 0 Å². The predicted molar refractivity (Wildman–Crippen MR) is 74.7 cm³/mol. The molecule has 0 bridgehead atoms. The van der Waals surface area contributed by atoms with Crippen LogP contribution in [0.3, 0.4) is 0 Å². The third-order valence-electron chi connectivity index (χ3n) is 4.04. The van der Waals surface area contributed by atoms with Crippen LogP contribution in [0.4, 0.5) is 0 Å². The highest BCUT2D eigenvalue weighted by Crippen LogP contribution is 2.16. The first-order valence-electron chi connectivity index (χ1n) is 7.33. The highest BCUT2D eigenvalue weighted by molar-refractivity contribution is 5.94.